The van der Waals surface area contributed by atoms with Gasteiger partial charge in [0.25, 0.3) is 0 Å². The molecule has 2 atom stereocenters. The molecule has 0 aromatic carbocycles. The summed E-state index contributed by atoms with van der Waals surface area (Å²) < 4.78 is 5.93. The second kappa shape index (κ2) is 6.27. The van der Waals surface area contributed by atoms with Gasteiger partial charge in [0.2, 0.25) is 5.13 Å². The first kappa shape index (κ1) is 17.1. The van der Waals surface area contributed by atoms with E-state index < -0.39 is 11.7 Å². The van der Waals surface area contributed by atoms with Gasteiger partial charge in [0.15, 0.2) is 0 Å². The molecule has 0 radical (unpaired) electrons. The van der Waals surface area contributed by atoms with Gasteiger partial charge in [-0.25, -0.2) is 0 Å². The predicted molar refractivity (Wildman–Crippen MR) is 89.8 cm³/mol. The number of anilines is 1. The molecule has 3 heterocycles. The molecule has 2 N–H and O–H groups in total. The van der Waals surface area contributed by atoms with E-state index >= 15 is 0 Å². The van der Waals surface area contributed by atoms with Crippen molar-refractivity contribution in [3.63, 3.8) is 0 Å². The molecular formula is C16H27N3O3S. The zero-order valence-corrected chi connectivity index (χ0v) is 15.0. The van der Waals surface area contributed by atoms with Crippen LogP contribution in [0.1, 0.15) is 45.0 Å². The lowest BCUT2D eigenvalue weighted by molar-refractivity contribution is -0.216. The van der Waals surface area contributed by atoms with Crippen molar-refractivity contribution in [3.05, 3.63) is 5.01 Å². The first-order chi connectivity index (χ1) is 10.8. The minimum atomic E-state index is -1.06. The third-order valence-corrected chi connectivity index (χ3v) is 5.94. The van der Waals surface area contributed by atoms with Gasteiger partial charge in [-0.3, -0.25) is 0 Å². The number of ether oxygens (including phenoxy) is 1. The van der Waals surface area contributed by atoms with E-state index in [2.05, 4.69) is 28.9 Å². The second-order valence-corrected chi connectivity index (χ2v) is 8.65. The van der Waals surface area contributed by atoms with Crippen molar-refractivity contribution < 1.29 is 14.9 Å². The summed E-state index contributed by atoms with van der Waals surface area (Å²) in [5.74, 6) is 0.588. The lowest BCUT2D eigenvalue weighted by Gasteiger charge is -2.49. The largest absolute Gasteiger partial charge is 0.388 e. The molecule has 130 valence electrons. The minimum Gasteiger partial charge on any atom is -0.388 e. The molecule has 0 amide bonds. The molecular weight excluding hydrogens is 314 g/mol. The van der Waals surface area contributed by atoms with Gasteiger partial charge in [-0.05, 0) is 25.7 Å². The first-order valence-corrected chi connectivity index (χ1v) is 9.23. The van der Waals surface area contributed by atoms with Crippen molar-refractivity contribution in [1.82, 2.24) is 10.2 Å². The van der Waals surface area contributed by atoms with E-state index in [1.54, 1.807) is 18.3 Å². The molecule has 2 aliphatic heterocycles. The number of aromatic nitrogens is 2. The number of aliphatic hydroxyl groups excluding tert-OH is 1. The summed E-state index contributed by atoms with van der Waals surface area (Å²) in [6.07, 6.45) is 2.35. The predicted octanol–water partition coefficient (Wildman–Crippen LogP) is 1.61. The number of piperidine rings is 1. The molecule has 0 aliphatic carbocycles. The standard InChI is InChI=1S/C16H27N3O3S/c1-11(2)8-13-17-18-14(23-13)19-6-4-16(5-7-19)10-15(3,21)12(20)9-22-16/h11-12,20-21H,4-10H2,1-3H3/t12-,15-/m0/s1. The van der Waals surface area contributed by atoms with Crippen molar-refractivity contribution in [1.29, 1.82) is 0 Å². The normalized spacial score (nSPS) is 31.0. The molecule has 1 aromatic rings. The highest BCUT2D eigenvalue weighted by molar-refractivity contribution is 7.15. The first-order valence-electron chi connectivity index (χ1n) is 8.41. The molecule has 0 unspecified atom stereocenters. The summed E-state index contributed by atoms with van der Waals surface area (Å²) in [5, 5.41) is 30.9. The highest BCUT2D eigenvalue weighted by atomic mass is 32.1. The number of aliphatic hydroxyl groups is 2. The molecule has 0 bridgehead atoms. The van der Waals surface area contributed by atoms with Gasteiger partial charge in [-0.2, -0.15) is 0 Å². The fourth-order valence-corrected chi connectivity index (χ4v) is 4.59. The average Bonchev–Trinajstić information content (AvgIpc) is 2.91. The van der Waals surface area contributed by atoms with Crippen LogP contribution in [-0.2, 0) is 11.2 Å². The van der Waals surface area contributed by atoms with E-state index in [-0.39, 0.29) is 12.2 Å². The topological polar surface area (TPSA) is 78.7 Å². The number of nitrogens with zero attached hydrogens (tertiary/aromatic N) is 3. The average molecular weight is 341 g/mol. The van der Waals surface area contributed by atoms with E-state index in [1.807, 2.05) is 0 Å². The molecule has 23 heavy (non-hydrogen) atoms. The van der Waals surface area contributed by atoms with E-state index in [1.165, 1.54) is 0 Å². The minimum absolute atomic E-state index is 0.213. The van der Waals surface area contributed by atoms with E-state index in [0.29, 0.717) is 12.3 Å². The lowest BCUT2D eigenvalue weighted by atomic mass is 9.77. The summed E-state index contributed by atoms with van der Waals surface area (Å²) in [7, 11) is 0. The zero-order valence-electron chi connectivity index (χ0n) is 14.2. The molecule has 7 heteroatoms. The fourth-order valence-electron chi connectivity index (χ4n) is 3.49. The van der Waals surface area contributed by atoms with Gasteiger partial charge in [0.1, 0.15) is 11.1 Å². The van der Waals surface area contributed by atoms with Crippen molar-refractivity contribution >= 4 is 16.5 Å². The van der Waals surface area contributed by atoms with Gasteiger partial charge in [-0.1, -0.05) is 25.2 Å². The third-order valence-electron chi connectivity index (χ3n) is 4.93. The van der Waals surface area contributed by atoms with Crippen LogP contribution in [0.15, 0.2) is 0 Å². The van der Waals surface area contributed by atoms with Crippen LogP contribution in [0.25, 0.3) is 0 Å². The molecule has 6 nitrogen and oxygen atoms in total. The van der Waals surface area contributed by atoms with E-state index in [4.69, 9.17) is 4.74 Å². The van der Waals surface area contributed by atoms with Crippen molar-refractivity contribution in [2.45, 2.75) is 63.8 Å². The van der Waals surface area contributed by atoms with E-state index in [9.17, 15) is 10.2 Å². The Hall–Kier alpha value is -0.760. The Morgan fingerprint density at radius 1 is 1.35 bits per heavy atom. The van der Waals surface area contributed by atoms with Gasteiger partial charge in [-0.15, -0.1) is 10.2 Å². The molecule has 0 saturated carbocycles. The highest BCUT2D eigenvalue weighted by Crippen LogP contribution is 2.40. The van der Waals surface area contributed by atoms with E-state index in [0.717, 1.165) is 42.5 Å². The maximum atomic E-state index is 10.4. The van der Waals surface area contributed by atoms with Crippen LogP contribution in [0.4, 0.5) is 5.13 Å². The SMILES string of the molecule is CC(C)Cc1nnc(N2CCC3(CC2)C[C@](C)(O)[C@@H](O)CO3)s1. The van der Waals surface area contributed by atoms with Crippen LogP contribution in [0.2, 0.25) is 0 Å². The van der Waals surface area contributed by atoms with Crippen LogP contribution in [0.3, 0.4) is 0 Å². The maximum absolute atomic E-state index is 10.4. The van der Waals surface area contributed by atoms with Crippen LogP contribution in [0, 0.1) is 5.92 Å². The summed E-state index contributed by atoms with van der Waals surface area (Å²) >= 11 is 1.68. The second-order valence-electron chi connectivity index (χ2n) is 7.61. The Morgan fingerprint density at radius 2 is 2.04 bits per heavy atom. The Kier molecular flexibility index (Phi) is 4.66. The van der Waals surface area contributed by atoms with Crippen LogP contribution in [-0.4, -0.2) is 57.4 Å². The number of rotatable bonds is 3. The Balaban J connectivity index is 1.61. The molecule has 3 rings (SSSR count). The lowest BCUT2D eigenvalue weighted by Crippen LogP contribution is -2.59. The highest BCUT2D eigenvalue weighted by Gasteiger charge is 2.48. The van der Waals surface area contributed by atoms with Crippen molar-refractivity contribution in [2.24, 2.45) is 5.92 Å². The van der Waals surface area contributed by atoms with Gasteiger partial charge < -0.3 is 19.8 Å². The molecule has 1 aromatic heterocycles. The molecule has 1 spiro atoms. The fraction of sp³-hybridized carbons (Fsp3) is 0.875. The zero-order chi connectivity index (χ0) is 16.7. The van der Waals surface area contributed by atoms with Gasteiger partial charge in [0, 0.05) is 25.9 Å². The van der Waals surface area contributed by atoms with Crippen molar-refractivity contribution in [2.75, 3.05) is 24.6 Å². The third kappa shape index (κ3) is 3.68. The van der Waals surface area contributed by atoms with Gasteiger partial charge in [0.05, 0.1) is 17.8 Å². The Morgan fingerprint density at radius 3 is 2.65 bits per heavy atom. The molecule has 2 fully saturated rings. The monoisotopic (exact) mass is 341 g/mol. The summed E-state index contributed by atoms with van der Waals surface area (Å²) in [6.45, 7) is 7.99. The summed E-state index contributed by atoms with van der Waals surface area (Å²) in [5.41, 5.74) is -1.38. The van der Waals surface area contributed by atoms with Crippen LogP contribution >= 0.6 is 11.3 Å². The van der Waals surface area contributed by atoms with Crippen molar-refractivity contribution in [3.8, 4) is 0 Å². The van der Waals surface area contributed by atoms with Crippen LogP contribution in [0.5, 0.6) is 0 Å². The smallest absolute Gasteiger partial charge is 0.208 e. The Bertz CT molecular complexity index is 538. The maximum Gasteiger partial charge on any atom is 0.208 e. The Labute approximate surface area is 141 Å². The van der Waals surface area contributed by atoms with Gasteiger partial charge >= 0.3 is 0 Å². The molecule has 2 saturated heterocycles. The summed E-state index contributed by atoms with van der Waals surface area (Å²) in [6, 6.07) is 0. The number of hydrogen-bond acceptors (Lipinski definition) is 7. The summed E-state index contributed by atoms with van der Waals surface area (Å²) in [4.78, 5) is 2.26. The number of hydrogen-bond donors (Lipinski definition) is 2. The quantitative estimate of drug-likeness (QED) is 0.870. The molecule has 2 aliphatic rings. The van der Waals surface area contributed by atoms with Crippen LogP contribution < -0.4 is 4.90 Å².